The molecule has 17 heavy (non-hydrogen) atoms. The first-order valence-corrected chi connectivity index (χ1v) is 5.52. The highest BCUT2D eigenvalue weighted by molar-refractivity contribution is 5.68. The Hall–Kier alpha value is -1.46. The summed E-state index contributed by atoms with van der Waals surface area (Å²) in [7, 11) is 0. The van der Waals surface area contributed by atoms with Crippen LogP contribution in [0.5, 0.6) is 0 Å². The van der Waals surface area contributed by atoms with Crippen molar-refractivity contribution in [2.75, 3.05) is 13.1 Å². The number of carboxylic acid groups (broad SMARTS) is 1. The number of hydrogen-bond donors (Lipinski definition) is 3. The summed E-state index contributed by atoms with van der Waals surface area (Å²) in [6.45, 7) is 1.86. The fourth-order valence-electron chi connectivity index (χ4n) is 1.92. The second-order valence-electron chi connectivity index (χ2n) is 4.43. The molecule has 0 atom stereocenters. The lowest BCUT2D eigenvalue weighted by molar-refractivity contribution is -0.139. The first-order chi connectivity index (χ1) is 8.10. The summed E-state index contributed by atoms with van der Waals surface area (Å²) in [6, 6.07) is 6.20. The molecule has 1 aromatic carbocycles. The first kappa shape index (κ1) is 12.0. The number of halogens is 1. The maximum absolute atomic E-state index is 12.7. The molecule has 0 amide bonds. The Kier molecular flexibility index (Phi) is 3.40. The van der Waals surface area contributed by atoms with E-state index in [-0.39, 0.29) is 17.8 Å². The Labute approximate surface area is 98.8 Å². The lowest BCUT2D eigenvalue weighted by Gasteiger charge is -2.42. The fourth-order valence-corrected chi connectivity index (χ4v) is 1.92. The summed E-state index contributed by atoms with van der Waals surface area (Å²) < 4.78 is 12.7. The van der Waals surface area contributed by atoms with Crippen LogP contribution in [0.3, 0.4) is 0 Å². The fraction of sp³-hybridized carbons (Fsp3) is 0.417. The van der Waals surface area contributed by atoms with Gasteiger partial charge in [0.25, 0.3) is 0 Å². The monoisotopic (exact) mass is 238 g/mol. The molecular formula is C12H15FN2O2. The molecule has 0 aromatic heterocycles. The zero-order valence-electron chi connectivity index (χ0n) is 9.37. The average molecular weight is 238 g/mol. The predicted molar refractivity (Wildman–Crippen MR) is 61.1 cm³/mol. The third-order valence-electron chi connectivity index (χ3n) is 3.00. The topological polar surface area (TPSA) is 61.4 Å². The van der Waals surface area contributed by atoms with Gasteiger partial charge in [-0.15, -0.1) is 0 Å². The molecule has 0 aliphatic carbocycles. The standard InChI is InChI=1S/C12H15FN2O2/c13-10-3-1-9(2-4-10)6-15-12(5-11(16)17)7-14-8-12/h1-4,14-15H,5-8H2,(H,16,17). The van der Waals surface area contributed by atoms with Crippen LogP contribution in [-0.4, -0.2) is 29.7 Å². The number of carboxylic acids is 1. The molecule has 0 bridgehead atoms. The summed E-state index contributed by atoms with van der Waals surface area (Å²) in [5.74, 6) is -1.07. The van der Waals surface area contributed by atoms with Gasteiger partial charge in [0.15, 0.2) is 0 Å². The van der Waals surface area contributed by atoms with E-state index in [1.165, 1.54) is 12.1 Å². The molecular weight excluding hydrogens is 223 g/mol. The van der Waals surface area contributed by atoms with Gasteiger partial charge >= 0.3 is 5.97 Å². The van der Waals surface area contributed by atoms with Gasteiger partial charge in [-0.1, -0.05) is 12.1 Å². The van der Waals surface area contributed by atoms with Crippen LogP contribution in [0, 0.1) is 5.82 Å². The largest absolute Gasteiger partial charge is 0.481 e. The van der Waals surface area contributed by atoms with E-state index in [9.17, 15) is 9.18 Å². The van der Waals surface area contributed by atoms with E-state index in [2.05, 4.69) is 10.6 Å². The molecule has 92 valence electrons. The van der Waals surface area contributed by atoms with E-state index in [1.807, 2.05) is 0 Å². The molecule has 2 rings (SSSR count). The van der Waals surface area contributed by atoms with E-state index in [1.54, 1.807) is 12.1 Å². The molecule has 1 heterocycles. The Morgan fingerprint density at radius 2 is 2.06 bits per heavy atom. The molecule has 1 fully saturated rings. The Balaban J connectivity index is 1.92. The van der Waals surface area contributed by atoms with Crippen LogP contribution in [-0.2, 0) is 11.3 Å². The second kappa shape index (κ2) is 4.81. The highest BCUT2D eigenvalue weighted by Crippen LogP contribution is 2.17. The summed E-state index contributed by atoms with van der Waals surface area (Å²) in [6.07, 6.45) is 0.0984. The number of benzene rings is 1. The Bertz CT molecular complexity index is 401. The van der Waals surface area contributed by atoms with Crippen LogP contribution in [0.1, 0.15) is 12.0 Å². The molecule has 1 aliphatic heterocycles. The van der Waals surface area contributed by atoms with E-state index in [0.29, 0.717) is 19.6 Å². The van der Waals surface area contributed by atoms with Gasteiger partial charge in [0.05, 0.1) is 12.0 Å². The molecule has 1 saturated heterocycles. The van der Waals surface area contributed by atoms with Gasteiger partial charge in [0.1, 0.15) is 5.82 Å². The van der Waals surface area contributed by atoms with E-state index < -0.39 is 5.97 Å². The average Bonchev–Trinajstić information content (AvgIpc) is 2.23. The van der Waals surface area contributed by atoms with E-state index in [4.69, 9.17) is 5.11 Å². The summed E-state index contributed by atoms with van der Waals surface area (Å²) >= 11 is 0. The first-order valence-electron chi connectivity index (χ1n) is 5.52. The predicted octanol–water partition coefficient (Wildman–Crippen LogP) is 0.732. The normalized spacial score (nSPS) is 17.5. The molecule has 5 heteroatoms. The highest BCUT2D eigenvalue weighted by atomic mass is 19.1. The van der Waals surface area contributed by atoms with Crippen molar-refractivity contribution in [1.82, 2.24) is 10.6 Å². The minimum absolute atomic E-state index is 0.0984. The minimum atomic E-state index is -0.807. The molecule has 0 spiro atoms. The molecule has 0 unspecified atom stereocenters. The lowest BCUT2D eigenvalue weighted by atomic mass is 9.88. The highest BCUT2D eigenvalue weighted by Gasteiger charge is 2.38. The lowest BCUT2D eigenvalue weighted by Crippen LogP contribution is -2.68. The van der Waals surface area contributed by atoms with Gasteiger partial charge in [-0.2, -0.15) is 0 Å². The summed E-state index contributed by atoms with van der Waals surface area (Å²) in [5, 5.41) is 15.1. The number of hydrogen-bond acceptors (Lipinski definition) is 3. The van der Waals surface area contributed by atoms with Crippen LogP contribution < -0.4 is 10.6 Å². The van der Waals surface area contributed by atoms with Gasteiger partial charge < -0.3 is 15.7 Å². The third-order valence-corrected chi connectivity index (χ3v) is 3.00. The molecule has 1 aliphatic rings. The molecule has 1 aromatic rings. The quantitative estimate of drug-likeness (QED) is 0.708. The number of carbonyl (C=O) groups is 1. The molecule has 0 saturated carbocycles. The van der Waals surface area contributed by atoms with Crippen molar-refractivity contribution in [3.05, 3.63) is 35.6 Å². The second-order valence-corrected chi connectivity index (χ2v) is 4.43. The number of aliphatic carboxylic acids is 1. The van der Waals surface area contributed by atoms with Gasteiger partial charge in [-0.25, -0.2) is 4.39 Å². The van der Waals surface area contributed by atoms with Crippen molar-refractivity contribution in [2.24, 2.45) is 0 Å². The zero-order valence-corrected chi connectivity index (χ0v) is 9.37. The van der Waals surface area contributed by atoms with Crippen LogP contribution in [0.4, 0.5) is 4.39 Å². The van der Waals surface area contributed by atoms with Crippen molar-refractivity contribution in [3.63, 3.8) is 0 Å². The Morgan fingerprint density at radius 3 is 2.53 bits per heavy atom. The number of nitrogens with one attached hydrogen (secondary N) is 2. The van der Waals surface area contributed by atoms with Crippen molar-refractivity contribution >= 4 is 5.97 Å². The maximum atomic E-state index is 12.7. The molecule has 3 N–H and O–H groups in total. The van der Waals surface area contributed by atoms with Gasteiger partial charge in [-0.3, -0.25) is 4.79 Å². The summed E-state index contributed by atoms with van der Waals surface area (Å²) in [5.41, 5.74) is 0.586. The Morgan fingerprint density at radius 1 is 1.41 bits per heavy atom. The summed E-state index contributed by atoms with van der Waals surface area (Å²) in [4.78, 5) is 10.7. The molecule has 0 radical (unpaired) electrons. The zero-order chi connectivity index (χ0) is 12.3. The van der Waals surface area contributed by atoms with Gasteiger partial charge in [-0.05, 0) is 17.7 Å². The van der Waals surface area contributed by atoms with Crippen LogP contribution in [0.15, 0.2) is 24.3 Å². The van der Waals surface area contributed by atoms with Crippen molar-refractivity contribution < 1.29 is 14.3 Å². The van der Waals surface area contributed by atoms with Gasteiger partial charge in [0.2, 0.25) is 0 Å². The SMILES string of the molecule is O=C(O)CC1(NCc2ccc(F)cc2)CNC1. The van der Waals surface area contributed by atoms with Crippen LogP contribution in [0.2, 0.25) is 0 Å². The van der Waals surface area contributed by atoms with Crippen LogP contribution >= 0.6 is 0 Å². The minimum Gasteiger partial charge on any atom is -0.481 e. The van der Waals surface area contributed by atoms with Crippen molar-refractivity contribution in [2.45, 2.75) is 18.5 Å². The van der Waals surface area contributed by atoms with Crippen molar-refractivity contribution in [1.29, 1.82) is 0 Å². The number of rotatable bonds is 5. The van der Waals surface area contributed by atoms with Gasteiger partial charge in [0, 0.05) is 19.6 Å². The molecule has 4 nitrogen and oxygen atoms in total. The van der Waals surface area contributed by atoms with E-state index >= 15 is 0 Å². The maximum Gasteiger partial charge on any atom is 0.305 e. The van der Waals surface area contributed by atoms with Crippen LogP contribution in [0.25, 0.3) is 0 Å². The third kappa shape index (κ3) is 3.01. The smallest absolute Gasteiger partial charge is 0.305 e. The van der Waals surface area contributed by atoms with E-state index in [0.717, 1.165) is 5.56 Å². The van der Waals surface area contributed by atoms with Crippen molar-refractivity contribution in [3.8, 4) is 0 Å².